The third kappa shape index (κ3) is 3.63. The van der Waals surface area contributed by atoms with Crippen LogP contribution in [0.15, 0.2) is 24.3 Å². The number of hydrogen-bond donors (Lipinski definition) is 0. The first-order valence-electron chi connectivity index (χ1n) is 5.28. The lowest BCUT2D eigenvalue weighted by molar-refractivity contribution is 0.516. The Morgan fingerprint density at radius 1 is 1.31 bits per heavy atom. The van der Waals surface area contributed by atoms with Crippen molar-refractivity contribution in [2.24, 2.45) is 5.92 Å². The second kappa shape index (κ2) is 5.06. The minimum Gasteiger partial charge on any atom is -0.0651 e. The van der Waals surface area contributed by atoms with Crippen LogP contribution in [-0.4, -0.2) is 0 Å². The maximum atomic E-state index is 2.33. The van der Waals surface area contributed by atoms with Gasteiger partial charge in [0.25, 0.3) is 0 Å². The van der Waals surface area contributed by atoms with Gasteiger partial charge in [0.05, 0.1) is 0 Å². The van der Waals surface area contributed by atoms with E-state index in [1.165, 1.54) is 30.4 Å². The quantitative estimate of drug-likeness (QED) is 0.651. The molecule has 1 aromatic carbocycles. The maximum Gasteiger partial charge on any atom is -0.0276 e. The van der Waals surface area contributed by atoms with Crippen molar-refractivity contribution < 1.29 is 0 Å². The number of aryl methyl sites for hydroxylation is 2. The molecule has 0 bridgehead atoms. The number of hydrogen-bond acceptors (Lipinski definition) is 0. The van der Waals surface area contributed by atoms with Gasteiger partial charge in [-0.3, -0.25) is 0 Å². The van der Waals surface area contributed by atoms with E-state index in [9.17, 15) is 0 Å². The molecule has 0 nitrogen and oxygen atoms in total. The molecule has 0 heteroatoms. The van der Waals surface area contributed by atoms with Gasteiger partial charge >= 0.3 is 0 Å². The van der Waals surface area contributed by atoms with E-state index in [1.54, 1.807) is 0 Å². The van der Waals surface area contributed by atoms with Gasteiger partial charge in [0.15, 0.2) is 0 Å². The van der Waals surface area contributed by atoms with Crippen LogP contribution >= 0.6 is 0 Å². The summed E-state index contributed by atoms with van der Waals surface area (Å²) in [6.07, 6.45) is 3.85. The molecule has 0 saturated heterocycles. The van der Waals surface area contributed by atoms with Gasteiger partial charge in [-0.2, -0.15) is 0 Å². The maximum absolute atomic E-state index is 2.33. The minimum atomic E-state index is 0.862. The SMILES string of the molecule is CCC(C)CCc1cccc(C)c1. The normalized spacial score (nSPS) is 12.8. The Labute approximate surface area is 82.0 Å². The molecule has 1 atom stereocenters. The predicted octanol–water partition coefficient (Wildman–Crippen LogP) is 3.97. The third-order valence-corrected chi connectivity index (χ3v) is 2.71. The van der Waals surface area contributed by atoms with E-state index in [0.29, 0.717) is 0 Å². The first-order chi connectivity index (χ1) is 6.22. The van der Waals surface area contributed by atoms with Crippen LogP contribution in [0.1, 0.15) is 37.8 Å². The summed E-state index contributed by atoms with van der Waals surface area (Å²) >= 11 is 0. The van der Waals surface area contributed by atoms with Gasteiger partial charge < -0.3 is 0 Å². The van der Waals surface area contributed by atoms with Crippen molar-refractivity contribution >= 4 is 0 Å². The van der Waals surface area contributed by atoms with E-state index in [4.69, 9.17) is 0 Å². The zero-order valence-electron chi connectivity index (χ0n) is 9.01. The van der Waals surface area contributed by atoms with E-state index >= 15 is 0 Å². The molecule has 0 aliphatic rings. The van der Waals surface area contributed by atoms with Gasteiger partial charge in [0.1, 0.15) is 0 Å². The average molecular weight is 176 g/mol. The van der Waals surface area contributed by atoms with Gasteiger partial charge in [0.2, 0.25) is 0 Å². The van der Waals surface area contributed by atoms with Crippen LogP contribution in [0, 0.1) is 12.8 Å². The monoisotopic (exact) mass is 176 g/mol. The summed E-state index contributed by atoms with van der Waals surface area (Å²) in [6.45, 7) is 6.75. The van der Waals surface area contributed by atoms with Crippen molar-refractivity contribution in [2.45, 2.75) is 40.0 Å². The fourth-order valence-electron chi connectivity index (χ4n) is 1.48. The largest absolute Gasteiger partial charge is 0.0651 e. The zero-order chi connectivity index (χ0) is 9.68. The Kier molecular flexibility index (Phi) is 4.01. The molecule has 0 aliphatic heterocycles. The molecule has 0 spiro atoms. The average Bonchev–Trinajstić information content (AvgIpc) is 2.14. The number of rotatable bonds is 4. The molecule has 0 saturated carbocycles. The standard InChI is InChI=1S/C13H20/c1-4-11(2)8-9-13-7-5-6-12(3)10-13/h5-7,10-11H,4,8-9H2,1-3H3. The molecule has 0 fully saturated rings. The molecular formula is C13H20. The van der Waals surface area contributed by atoms with Crippen molar-refractivity contribution in [3.05, 3.63) is 35.4 Å². The smallest absolute Gasteiger partial charge is 0.0276 e. The second-order valence-corrected chi connectivity index (χ2v) is 4.04. The number of benzene rings is 1. The van der Waals surface area contributed by atoms with Crippen LogP contribution in [0.25, 0.3) is 0 Å². The summed E-state index contributed by atoms with van der Waals surface area (Å²) in [5.41, 5.74) is 2.86. The summed E-state index contributed by atoms with van der Waals surface area (Å²) in [4.78, 5) is 0. The van der Waals surface area contributed by atoms with E-state index in [0.717, 1.165) is 5.92 Å². The van der Waals surface area contributed by atoms with E-state index in [-0.39, 0.29) is 0 Å². The highest BCUT2D eigenvalue weighted by Gasteiger charge is 1.99. The Morgan fingerprint density at radius 3 is 2.69 bits per heavy atom. The second-order valence-electron chi connectivity index (χ2n) is 4.04. The fourth-order valence-corrected chi connectivity index (χ4v) is 1.48. The van der Waals surface area contributed by atoms with Gasteiger partial charge in [-0.05, 0) is 31.2 Å². The van der Waals surface area contributed by atoms with E-state index in [1.807, 2.05) is 0 Å². The molecular weight excluding hydrogens is 156 g/mol. The summed E-state index contributed by atoms with van der Waals surface area (Å²) < 4.78 is 0. The summed E-state index contributed by atoms with van der Waals surface area (Å²) in [7, 11) is 0. The first-order valence-corrected chi connectivity index (χ1v) is 5.28. The molecule has 1 aromatic rings. The molecule has 0 radical (unpaired) electrons. The van der Waals surface area contributed by atoms with E-state index in [2.05, 4.69) is 45.0 Å². The Morgan fingerprint density at radius 2 is 2.08 bits per heavy atom. The van der Waals surface area contributed by atoms with Crippen molar-refractivity contribution in [1.82, 2.24) is 0 Å². The van der Waals surface area contributed by atoms with Crippen LogP contribution in [0.4, 0.5) is 0 Å². The lowest BCUT2D eigenvalue weighted by Crippen LogP contribution is -1.95. The minimum absolute atomic E-state index is 0.862. The Hall–Kier alpha value is -0.780. The van der Waals surface area contributed by atoms with Gasteiger partial charge in [-0.15, -0.1) is 0 Å². The Balaban J connectivity index is 2.45. The molecule has 0 heterocycles. The predicted molar refractivity (Wildman–Crippen MR) is 59.0 cm³/mol. The fraction of sp³-hybridized carbons (Fsp3) is 0.538. The summed E-state index contributed by atoms with van der Waals surface area (Å²) in [5, 5.41) is 0. The highest BCUT2D eigenvalue weighted by atomic mass is 14.0. The van der Waals surface area contributed by atoms with Crippen molar-refractivity contribution in [3.8, 4) is 0 Å². The van der Waals surface area contributed by atoms with Gasteiger partial charge in [0, 0.05) is 0 Å². The molecule has 1 rings (SSSR count). The first kappa shape index (κ1) is 10.3. The molecule has 0 amide bonds. The molecule has 0 aromatic heterocycles. The van der Waals surface area contributed by atoms with E-state index < -0.39 is 0 Å². The van der Waals surface area contributed by atoms with Crippen molar-refractivity contribution in [2.75, 3.05) is 0 Å². The molecule has 0 aliphatic carbocycles. The van der Waals surface area contributed by atoms with Gasteiger partial charge in [-0.1, -0.05) is 50.1 Å². The highest BCUT2D eigenvalue weighted by Crippen LogP contribution is 2.13. The van der Waals surface area contributed by atoms with Crippen LogP contribution in [0.2, 0.25) is 0 Å². The van der Waals surface area contributed by atoms with Crippen molar-refractivity contribution in [3.63, 3.8) is 0 Å². The van der Waals surface area contributed by atoms with Gasteiger partial charge in [-0.25, -0.2) is 0 Å². The zero-order valence-corrected chi connectivity index (χ0v) is 9.01. The summed E-state index contributed by atoms with van der Waals surface area (Å²) in [6, 6.07) is 8.84. The van der Waals surface area contributed by atoms with Crippen LogP contribution in [-0.2, 0) is 6.42 Å². The van der Waals surface area contributed by atoms with Crippen LogP contribution in [0.3, 0.4) is 0 Å². The topological polar surface area (TPSA) is 0 Å². The Bertz CT molecular complexity index is 250. The lowest BCUT2D eigenvalue weighted by Gasteiger charge is -2.08. The van der Waals surface area contributed by atoms with Crippen molar-refractivity contribution in [1.29, 1.82) is 0 Å². The third-order valence-electron chi connectivity index (χ3n) is 2.71. The molecule has 1 unspecified atom stereocenters. The molecule has 13 heavy (non-hydrogen) atoms. The van der Waals surface area contributed by atoms with Crippen LogP contribution < -0.4 is 0 Å². The highest BCUT2D eigenvalue weighted by molar-refractivity contribution is 5.22. The molecule has 0 N–H and O–H groups in total. The summed E-state index contributed by atoms with van der Waals surface area (Å²) in [5.74, 6) is 0.862. The lowest BCUT2D eigenvalue weighted by atomic mass is 9.98. The molecule has 72 valence electrons. The van der Waals surface area contributed by atoms with Crippen LogP contribution in [0.5, 0.6) is 0 Å².